The maximum absolute atomic E-state index is 13.6. The Hall–Kier alpha value is -2.34. The van der Waals surface area contributed by atoms with Gasteiger partial charge >= 0.3 is 0 Å². The van der Waals surface area contributed by atoms with Gasteiger partial charge in [0, 0.05) is 33.8 Å². The molecule has 1 aliphatic heterocycles. The summed E-state index contributed by atoms with van der Waals surface area (Å²) in [5, 5.41) is 1.12. The highest BCUT2D eigenvalue weighted by molar-refractivity contribution is 6.35. The highest BCUT2D eigenvalue weighted by atomic mass is 35.5. The van der Waals surface area contributed by atoms with Crippen molar-refractivity contribution in [2.24, 2.45) is 0 Å². The standard InChI is InChI=1S/C23H22Cl2N4O/c1-15-21(9-16-5-3-2-4-6-16)22(30)29-14-27(19-7-8-19)13-28(23(29)26-15)20-11-17(24)10-18(25)12-20/h2-6,10-12,19H,7-9,13-14H2,1H3. The topological polar surface area (TPSA) is 41.4 Å². The van der Waals surface area contributed by atoms with Crippen LogP contribution in [0.3, 0.4) is 0 Å². The Morgan fingerprint density at radius 2 is 1.73 bits per heavy atom. The summed E-state index contributed by atoms with van der Waals surface area (Å²) >= 11 is 12.5. The highest BCUT2D eigenvalue weighted by Crippen LogP contribution is 2.36. The lowest BCUT2D eigenvalue weighted by molar-refractivity contribution is 0.188. The van der Waals surface area contributed by atoms with E-state index in [2.05, 4.69) is 4.90 Å². The molecule has 0 radical (unpaired) electrons. The fraction of sp³-hybridized carbons (Fsp3) is 0.304. The third-order valence-corrected chi connectivity index (χ3v) is 6.22. The smallest absolute Gasteiger partial charge is 0.259 e. The summed E-state index contributed by atoms with van der Waals surface area (Å²) in [7, 11) is 0. The lowest BCUT2D eigenvalue weighted by atomic mass is 10.1. The molecule has 1 aliphatic carbocycles. The zero-order chi connectivity index (χ0) is 20.8. The largest absolute Gasteiger partial charge is 0.298 e. The summed E-state index contributed by atoms with van der Waals surface area (Å²) in [6.45, 7) is 3.13. The van der Waals surface area contributed by atoms with Crippen molar-refractivity contribution in [3.8, 4) is 0 Å². The Kier molecular flexibility index (Phi) is 5.05. The van der Waals surface area contributed by atoms with Crippen LogP contribution >= 0.6 is 23.2 Å². The molecule has 1 aromatic heterocycles. The van der Waals surface area contributed by atoms with Crippen LogP contribution in [0.5, 0.6) is 0 Å². The second-order valence-electron chi connectivity index (χ2n) is 8.03. The number of benzene rings is 2. The van der Waals surface area contributed by atoms with E-state index < -0.39 is 0 Å². The molecule has 3 aromatic rings. The van der Waals surface area contributed by atoms with Crippen LogP contribution in [-0.4, -0.2) is 27.2 Å². The number of fused-ring (bicyclic) bond motifs is 1. The van der Waals surface area contributed by atoms with Gasteiger partial charge in [-0.15, -0.1) is 0 Å². The van der Waals surface area contributed by atoms with Gasteiger partial charge in [0.15, 0.2) is 0 Å². The van der Waals surface area contributed by atoms with Crippen molar-refractivity contribution in [1.82, 2.24) is 14.5 Å². The van der Waals surface area contributed by atoms with Crippen molar-refractivity contribution in [1.29, 1.82) is 0 Å². The third kappa shape index (κ3) is 3.73. The first-order valence-electron chi connectivity index (χ1n) is 10.1. The van der Waals surface area contributed by atoms with Gasteiger partial charge in [0.1, 0.15) is 0 Å². The summed E-state index contributed by atoms with van der Waals surface area (Å²) in [6, 6.07) is 16.0. The van der Waals surface area contributed by atoms with Gasteiger partial charge in [-0.3, -0.25) is 19.2 Å². The summed E-state index contributed by atoms with van der Waals surface area (Å²) in [6.07, 6.45) is 2.89. The monoisotopic (exact) mass is 440 g/mol. The zero-order valence-electron chi connectivity index (χ0n) is 16.7. The summed E-state index contributed by atoms with van der Waals surface area (Å²) in [5.74, 6) is 0.643. The van der Waals surface area contributed by atoms with Crippen LogP contribution in [0.2, 0.25) is 10.0 Å². The molecular formula is C23H22Cl2N4O. The van der Waals surface area contributed by atoms with Crippen molar-refractivity contribution >= 4 is 34.8 Å². The summed E-state index contributed by atoms with van der Waals surface area (Å²) in [4.78, 5) is 22.8. The van der Waals surface area contributed by atoms with Crippen molar-refractivity contribution in [2.75, 3.05) is 11.6 Å². The Labute approximate surface area is 185 Å². The second-order valence-corrected chi connectivity index (χ2v) is 8.90. The molecule has 5 rings (SSSR count). The normalized spacial score (nSPS) is 16.6. The zero-order valence-corrected chi connectivity index (χ0v) is 18.2. The van der Waals surface area contributed by atoms with Crippen LogP contribution in [0.1, 0.15) is 29.7 Å². The van der Waals surface area contributed by atoms with E-state index in [0.29, 0.717) is 41.8 Å². The molecular weight excluding hydrogens is 419 g/mol. The number of aromatic nitrogens is 2. The number of halogens is 2. The molecule has 0 bridgehead atoms. The molecule has 2 aromatic carbocycles. The Bertz CT molecular complexity index is 1140. The molecule has 2 aliphatic rings. The molecule has 0 N–H and O–H groups in total. The molecule has 7 heteroatoms. The average molecular weight is 441 g/mol. The first-order valence-corrected chi connectivity index (χ1v) is 10.9. The fourth-order valence-corrected chi connectivity index (χ4v) is 4.57. The van der Waals surface area contributed by atoms with Gasteiger partial charge in [-0.05, 0) is 43.5 Å². The molecule has 1 fully saturated rings. The molecule has 0 unspecified atom stereocenters. The lowest BCUT2D eigenvalue weighted by Crippen LogP contribution is -2.48. The number of hydrogen-bond acceptors (Lipinski definition) is 4. The van der Waals surface area contributed by atoms with Crippen molar-refractivity contribution in [3.63, 3.8) is 0 Å². The van der Waals surface area contributed by atoms with E-state index in [1.807, 2.05) is 54.3 Å². The van der Waals surface area contributed by atoms with Crippen LogP contribution in [0.25, 0.3) is 0 Å². The fourth-order valence-electron chi connectivity index (χ4n) is 4.06. The minimum Gasteiger partial charge on any atom is -0.298 e. The number of aryl methyl sites for hydroxylation is 1. The highest BCUT2D eigenvalue weighted by Gasteiger charge is 2.36. The van der Waals surface area contributed by atoms with E-state index in [0.717, 1.165) is 35.3 Å². The average Bonchev–Trinajstić information content (AvgIpc) is 3.56. The van der Waals surface area contributed by atoms with Crippen LogP contribution in [-0.2, 0) is 13.1 Å². The maximum Gasteiger partial charge on any atom is 0.259 e. The third-order valence-electron chi connectivity index (χ3n) is 5.78. The van der Waals surface area contributed by atoms with Gasteiger partial charge in [0.25, 0.3) is 5.56 Å². The minimum absolute atomic E-state index is 0.0184. The Balaban J connectivity index is 1.62. The molecule has 154 valence electrons. The van der Waals surface area contributed by atoms with E-state index in [-0.39, 0.29) is 5.56 Å². The quantitative estimate of drug-likeness (QED) is 0.573. The van der Waals surface area contributed by atoms with Gasteiger partial charge in [-0.1, -0.05) is 53.5 Å². The molecule has 1 saturated carbocycles. The predicted molar refractivity (Wildman–Crippen MR) is 121 cm³/mol. The number of hydrogen-bond donors (Lipinski definition) is 0. The summed E-state index contributed by atoms with van der Waals surface area (Å²) in [5.41, 5.74) is 3.46. The van der Waals surface area contributed by atoms with E-state index in [9.17, 15) is 4.79 Å². The maximum atomic E-state index is 13.6. The van der Waals surface area contributed by atoms with Crippen molar-refractivity contribution in [2.45, 2.75) is 38.9 Å². The van der Waals surface area contributed by atoms with Crippen LogP contribution in [0, 0.1) is 6.92 Å². The molecule has 2 heterocycles. The number of rotatable bonds is 4. The van der Waals surface area contributed by atoms with Gasteiger partial charge in [-0.2, -0.15) is 0 Å². The molecule has 5 nitrogen and oxygen atoms in total. The molecule has 0 spiro atoms. The van der Waals surface area contributed by atoms with Crippen LogP contribution in [0.4, 0.5) is 11.6 Å². The van der Waals surface area contributed by atoms with Gasteiger partial charge in [0.2, 0.25) is 5.95 Å². The Morgan fingerprint density at radius 3 is 2.40 bits per heavy atom. The molecule has 0 amide bonds. The molecule has 0 atom stereocenters. The van der Waals surface area contributed by atoms with Gasteiger partial charge < -0.3 is 0 Å². The second kappa shape index (κ2) is 7.73. The lowest BCUT2D eigenvalue weighted by Gasteiger charge is -2.38. The van der Waals surface area contributed by atoms with E-state index in [1.54, 1.807) is 10.6 Å². The number of anilines is 2. The van der Waals surface area contributed by atoms with Crippen LogP contribution < -0.4 is 10.5 Å². The van der Waals surface area contributed by atoms with E-state index in [4.69, 9.17) is 28.2 Å². The Morgan fingerprint density at radius 1 is 1.03 bits per heavy atom. The SMILES string of the molecule is Cc1nc2n(c(=O)c1Cc1ccccc1)CN(C1CC1)CN2c1cc(Cl)cc(Cl)c1. The number of nitrogens with zero attached hydrogens (tertiary/aromatic N) is 4. The molecule has 30 heavy (non-hydrogen) atoms. The van der Waals surface area contributed by atoms with E-state index >= 15 is 0 Å². The molecule has 0 saturated heterocycles. The summed E-state index contributed by atoms with van der Waals surface area (Å²) < 4.78 is 1.79. The first kappa shape index (κ1) is 19.6. The van der Waals surface area contributed by atoms with Gasteiger partial charge in [0.05, 0.1) is 19.0 Å². The van der Waals surface area contributed by atoms with Crippen molar-refractivity contribution < 1.29 is 0 Å². The van der Waals surface area contributed by atoms with Crippen LogP contribution in [0.15, 0.2) is 53.3 Å². The van der Waals surface area contributed by atoms with Crippen molar-refractivity contribution in [3.05, 3.63) is 85.8 Å². The predicted octanol–water partition coefficient (Wildman–Crippen LogP) is 4.98. The van der Waals surface area contributed by atoms with Gasteiger partial charge in [-0.25, -0.2) is 4.98 Å². The van der Waals surface area contributed by atoms with E-state index in [1.165, 1.54) is 0 Å². The minimum atomic E-state index is 0.0184. The first-order chi connectivity index (χ1) is 14.5.